The van der Waals surface area contributed by atoms with E-state index in [1.54, 1.807) is 12.1 Å². The second-order valence-corrected chi connectivity index (χ2v) is 13.1. The van der Waals surface area contributed by atoms with Crippen LogP contribution in [-0.2, 0) is 23.3 Å². The van der Waals surface area contributed by atoms with Crippen LogP contribution in [0.4, 0.5) is 4.79 Å². The van der Waals surface area contributed by atoms with Crippen molar-refractivity contribution in [3.8, 4) is 5.75 Å². The van der Waals surface area contributed by atoms with Crippen molar-refractivity contribution in [1.82, 2.24) is 25.8 Å². The Kier molecular flexibility index (Phi) is 11.1. The van der Waals surface area contributed by atoms with Crippen LogP contribution in [0, 0.1) is 5.92 Å². The highest BCUT2D eigenvalue weighted by atomic mass is 16.3. The number of aromatic nitrogens is 1. The van der Waals surface area contributed by atoms with Crippen LogP contribution in [0.25, 0.3) is 10.9 Å². The quantitative estimate of drug-likeness (QED) is 0.0933. The lowest BCUT2D eigenvalue weighted by atomic mass is 9.64. The number of aromatic hydroxyl groups is 1. The number of phenolic OH excluding ortho intramolecular Hbond substituents is 1. The molecule has 2 heterocycles. The molecule has 264 valence electrons. The highest BCUT2D eigenvalue weighted by molar-refractivity contribution is 5.91. The standard InChI is InChI=1S/C40H44N6O5/c41-38(50)40(29-10-3-1-4-11-29,30-12-5-2-6-13-30)31-18-20-46(26-31)21-19-43-39(51)44-24-28-9-7-8-27(22-28)23-42-25-35(48)32-14-16-34(47)37-33(32)15-17-36(49)45-37/h1-17,22,31,35,42,47-48H,18-21,23-26H2,(H2,41,50)(H,45,49)(H2,43,44,51). The van der Waals surface area contributed by atoms with Crippen LogP contribution in [0.5, 0.6) is 5.75 Å². The average molecular weight is 689 g/mol. The fourth-order valence-corrected chi connectivity index (χ4v) is 7.35. The number of phenols is 1. The van der Waals surface area contributed by atoms with E-state index in [1.165, 1.54) is 12.1 Å². The Morgan fingerprint density at radius 2 is 1.57 bits per heavy atom. The monoisotopic (exact) mass is 688 g/mol. The van der Waals surface area contributed by atoms with Crippen LogP contribution >= 0.6 is 0 Å². The number of carbonyl (C=O) groups is 2. The summed E-state index contributed by atoms with van der Waals surface area (Å²) in [6.45, 7) is 3.68. The summed E-state index contributed by atoms with van der Waals surface area (Å²) in [6.07, 6.45) is -0.0591. The van der Waals surface area contributed by atoms with E-state index in [4.69, 9.17) is 5.73 Å². The van der Waals surface area contributed by atoms with Crippen molar-refractivity contribution in [2.24, 2.45) is 11.7 Å². The van der Waals surface area contributed by atoms with Gasteiger partial charge < -0.3 is 41.8 Å². The van der Waals surface area contributed by atoms with Crippen LogP contribution in [0.15, 0.2) is 114 Å². The molecule has 0 aliphatic carbocycles. The molecule has 2 atom stereocenters. The van der Waals surface area contributed by atoms with Gasteiger partial charge in [-0.2, -0.15) is 0 Å². The van der Waals surface area contributed by atoms with E-state index < -0.39 is 11.5 Å². The summed E-state index contributed by atoms with van der Waals surface area (Å²) in [4.78, 5) is 42.6. The van der Waals surface area contributed by atoms with Crippen molar-refractivity contribution in [3.05, 3.63) is 147 Å². The molecule has 3 amide bonds. The SMILES string of the molecule is NC(=O)C(c1ccccc1)(c1ccccc1)C1CCN(CCNC(=O)NCc2cccc(CNCC(O)c3ccc(O)c4[nH]c(=O)ccc34)c2)C1. The minimum atomic E-state index is -0.948. The second-order valence-electron chi connectivity index (χ2n) is 13.1. The number of amides is 3. The smallest absolute Gasteiger partial charge is 0.315 e. The van der Waals surface area contributed by atoms with Gasteiger partial charge in [0.1, 0.15) is 11.2 Å². The molecule has 1 aliphatic heterocycles. The number of aliphatic hydroxyl groups excluding tert-OH is 1. The number of nitrogens with two attached hydrogens (primary N) is 1. The molecule has 4 aromatic carbocycles. The van der Waals surface area contributed by atoms with Gasteiger partial charge in [0, 0.05) is 50.7 Å². The largest absolute Gasteiger partial charge is 0.506 e. The van der Waals surface area contributed by atoms with E-state index in [1.807, 2.05) is 84.9 Å². The number of hydrogen-bond donors (Lipinski definition) is 7. The third-order valence-corrected chi connectivity index (χ3v) is 9.82. The number of urea groups is 1. The number of benzene rings is 4. The van der Waals surface area contributed by atoms with Crippen molar-refractivity contribution in [3.63, 3.8) is 0 Å². The number of primary amides is 1. The number of aliphatic hydroxyl groups is 1. The zero-order chi connectivity index (χ0) is 35.8. The molecule has 2 unspecified atom stereocenters. The molecule has 1 saturated heterocycles. The molecule has 0 radical (unpaired) electrons. The number of nitrogens with one attached hydrogen (secondary N) is 4. The number of carbonyl (C=O) groups excluding carboxylic acids is 2. The molecule has 1 fully saturated rings. The van der Waals surface area contributed by atoms with Crippen molar-refractivity contribution >= 4 is 22.8 Å². The highest BCUT2D eigenvalue weighted by Crippen LogP contribution is 2.43. The van der Waals surface area contributed by atoms with Crippen LogP contribution in [0.3, 0.4) is 0 Å². The molecule has 0 bridgehead atoms. The lowest BCUT2D eigenvalue weighted by Crippen LogP contribution is -2.49. The summed E-state index contributed by atoms with van der Waals surface area (Å²) in [7, 11) is 0. The van der Waals surface area contributed by atoms with Gasteiger partial charge in [-0.25, -0.2) is 4.79 Å². The molecule has 1 aromatic heterocycles. The summed E-state index contributed by atoms with van der Waals surface area (Å²) in [6, 6.07) is 33.2. The van der Waals surface area contributed by atoms with Crippen molar-refractivity contribution in [2.45, 2.75) is 31.0 Å². The molecule has 0 saturated carbocycles. The van der Waals surface area contributed by atoms with Gasteiger partial charge >= 0.3 is 6.03 Å². The Morgan fingerprint density at radius 3 is 2.25 bits per heavy atom. The number of rotatable bonds is 14. The van der Waals surface area contributed by atoms with E-state index in [0.717, 1.165) is 35.2 Å². The molecular formula is C40H44N6O5. The number of hydrogen-bond acceptors (Lipinski definition) is 7. The normalized spacial score (nSPS) is 15.4. The fourth-order valence-electron chi connectivity index (χ4n) is 7.35. The predicted octanol–water partition coefficient (Wildman–Crippen LogP) is 3.65. The first-order valence-corrected chi connectivity index (χ1v) is 17.2. The molecule has 11 heteroatoms. The second kappa shape index (κ2) is 16.0. The molecular weight excluding hydrogens is 644 g/mol. The van der Waals surface area contributed by atoms with E-state index in [-0.39, 0.29) is 35.7 Å². The number of pyridine rings is 1. The third-order valence-electron chi connectivity index (χ3n) is 9.82. The van der Waals surface area contributed by atoms with Crippen LogP contribution in [0.1, 0.15) is 40.3 Å². The Labute approximate surface area is 296 Å². The molecule has 11 nitrogen and oxygen atoms in total. The molecule has 5 aromatic rings. The zero-order valence-corrected chi connectivity index (χ0v) is 28.3. The Balaban J connectivity index is 0.966. The summed E-state index contributed by atoms with van der Waals surface area (Å²) in [5.74, 6) is -0.427. The van der Waals surface area contributed by atoms with Gasteiger partial charge in [0.2, 0.25) is 11.5 Å². The number of aromatic amines is 1. The van der Waals surface area contributed by atoms with Gasteiger partial charge in [-0.3, -0.25) is 9.59 Å². The van der Waals surface area contributed by atoms with Crippen LogP contribution < -0.4 is 27.2 Å². The minimum Gasteiger partial charge on any atom is -0.506 e. The average Bonchev–Trinajstić information content (AvgIpc) is 3.61. The number of fused-ring (bicyclic) bond motifs is 1. The van der Waals surface area contributed by atoms with Gasteiger partial charge in [0.05, 0.1) is 11.6 Å². The predicted molar refractivity (Wildman–Crippen MR) is 197 cm³/mol. The molecule has 6 rings (SSSR count). The first-order chi connectivity index (χ1) is 24.8. The summed E-state index contributed by atoms with van der Waals surface area (Å²) < 4.78 is 0. The van der Waals surface area contributed by atoms with Crippen LogP contribution in [0.2, 0.25) is 0 Å². The van der Waals surface area contributed by atoms with E-state index in [2.05, 4.69) is 25.8 Å². The van der Waals surface area contributed by atoms with E-state index >= 15 is 0 Å². The highest BCUT2D eigenvalue weighted by Gasteiger charge is 2.49. The maximum Gasteiger partial charge on any atom is 0.315 e. The van der Waals surface area contributed by atoms with Crippen molar-refractivity contribution in [2.75, 3.05) is 32.7 Å². The zero-order valence-electron chi connectivity index (χ0n) is 28.3. The van der Waals surface area contributed by atoms with Gasteiger partial charge in [-0.05, 0) is 58.8 Å². The number of H-pyrrole nitrogens is 1. The van der Waals surface area contributed by atoms with Gasteiger partial charge in [0.25, 0.3) is 0 Å². The Morgan fingerprint density at radius 1 is 0.882 bits per heavy atom. The van der Waals surface area contributed by atoms with Crippen molar-refractivity contribution in [1.29, 1.82) is 0 Å². The molecule has 51 heavy (non-hydrogen) atoms. The topological polar surface area (TPSA) is 173 Å². The Bertz CT molecular complexity index is 1980. The number of likely N-dealkylation sites (tertiary alicyclic amines) is 1. The van der Waals surface area contributed by atoms with Gasteiger partial charge in [-0.15, -0.1) is 0 Å². The summed E-state index contributed by atoms with van der Waals surface area (Å²) in [5.41, 5.74) is 9.55. The van der Waals surface area contributed by atoms with Crippen LogP contribution in [-0.4, -0.2) is 64.8 Å². The lowest BCUT2D eigenvalue weighted by Gasteiger charge is -2.37. The number of nitrogens with zero attached hydrogens (tertiary/aromatic N) is 1. The van der Waals surface area contributed by atoms with E-state index in [0.29, 0.717) is 49.2 Å². The summed E-state index contributed by atoms with van der Waals surface area (Å²) >= 11 is 0. The molecule has 0 spiro atoms. The summed E-state index contributed by atoms with van der Waals surface area (Å²) in [5, 5.41) is 30.7. The van der Waals surface area contributed by atoms with Gasteiger partial charge in [0.15, 0.2) is 0 Å². The first-order valence-electron chi connectivity index (χ1n) is 17.2. The third kappa shape index (κ3) is 7.96. The fraction of sp³-hybridized carbons (Fsp3) is 0.275. The molecule has 8 N–H and O–H groups in total. The lowest BCUT2D eigenvalue weighted by molar-refractivity contribution is -0.123. The maximum atomic E-state index is 13.3. The van der Waals surface area contributed by atoms with E-state index in [9.17, 15) is 24.6 Å². The molecule has 1 aliphatic rings. The first kappa shape index (κ1) is 35.3. The Hall–Kier alpha value is -5.49. The maximum absolute atomic E-state index is 13.3. The minimum absolute atomic E-state index is 0.0156. The van der Waals surface area contributed by atoms with Gasteiger partial charge in [-0.1, -0.05) is 91.0 Å². The van der Waals surface area contributed by atoms with Crippen molar-refractivity contribution < 1.29 is 19.8 Å².